The van der Waals surface area contributed by atoms with Crippen LogP contribution in [0.5, 0.6) is 5.75 Å². The number of aliphatic imine (C=N–C) groups is 1. The SMILES string of the molecule is CN=C(NCc1cccc(OCC(N)=O)c1)NCc1ccccc1C. The number of nitrogens with two attached hydrogens (primary N) is 1. The molecule has 0 fully saturated rings. The van der Waals surface area contributed by atoms with Crippen molar-refractivity contribution in [3.05, 3.63) is 65.2 Å². The van der Waals surface area contributed by atoms with Crippen LogP contribution >= 0.6 is 0 Å². The van der Waals surface area contributed by atoms with E-state index in [4.69, 9.17) is 10.5 Å². The minimum Gasteiger partial charge on any atom is -0.484 e. The summed E-state index contributed by atoms with van der Waals surface area (Å²) in [5.41, 5.74) is 8.57. The highest BCUT2D eigenvalue weighted by Gasteiger charge is 2.03. The Kier molecular flexibility index (Phi) is 6.83. The Balaban J connectivity index is 1.87. The molecule has 0 aliphatic carbocycles. The molecule has 0 saturated carbocycles. The Bertz CT molecular complexity index is 744. The lowest BCUT2D eigenvalue weighted by Crippen LogP contribution is -2.36. The normalized spacial score (nSPS) is 11.0. The molecule has 0 heterocycles. The standard InChI is InChI=1S/C19H24N4O2/c1-14-6-3-4-8-16(14)12-23-19(21-2)22-11-15-7-5-9-17(10-15)25-13-18(20)24/h3-10H,11-13H2,1-2H3,(H2,20,24)(H2,21,22,23). The molecule has 0 spiro atoms. The lowest BCUT2D eigenvalue weighted by Gasteiger charge is -2.13. The molecular weight excluding hydrogens is 316 g/mol. The maximum absolute atomic E-state index is 10.8. The van der Waals surface area contributed by atoms with Crippen molar-refractivity contribution in [2.24, 2.45) is 10.7 Å². The molecule has 0 aliphatic rings. The maximum atomic E-state index is 10.8. The first-order chi connectivity index (χ1) is 12.1. The molecule has 0 unspecified atom stereocenters. The number of carbonyl (C=O) groups excluding carboxylic acids is 1. The van der Waals surface area contributed by atoms with Crippen LogP contribution in [0.1, 0.15) is 16.7 Å². The third-order valence-corrected chi connectivity index (χ3v) is 3.67. The molecule has 25 heavy (non-hydrogen) atoms. The molecule has 0 saturated heterocycles. The van der Waals surface area contributed by atoms with E-state index < -0.39 is 5.91 Å². The first kappa shape index (κ1) is 18.3. The van der Waals surface area contributed by atoms with Crippen molar-refractivity contribution >= 4 is 11.9 Å². The number of aryl methyl sites for hydroxylation is 1. The van der Waals surface area contributed by atoms with Gasteiger partial charge in [-0.15, -0.1) is 0 Å². The molecule has 132 valence electrons. The number of hydrogen-bond donors (Lipinski definition) is 3. The molecule has 4 N–H and O–H groups in total. The van der Waals surface area contributed by atoms with Gasteiger partial charge in [0.2, 0.25) is 0 Å². The van der Waals surface area contributed by atoms with Gasteiger partial charge in [0.15, 0.2) is 12.6 Å². The molecule has 0 radical (unpaired) electrons. The third-order valence-electron chi connectivity index (χ3n) is 3.67. The predicted molar refractivity (Wildman–Crippen MR) is 99.3 cm³/mol. The van der Waals surface area contributed by atoms with Crippen molar-refractivity contribution in [3.8, 4) is 5.75 Å². The average Bonchev–Trinajstić information content (AvgIpc) is 2.62. The van der Waals surface area contributed by atoms with Gasteiger partial charge in [0.1, 0.15) is 5.75 Å². The van der Waals surface area contributed by atoms with Crippen LogP contribution in [0.3, 0.4) is 0 Å². The Hall–Kier alpha value is -3.02. The van der Waals surface area contributed by atoms with Crippen LogP contribution in [-0.2, 0) is 17.9 Å². The minimum atomic E-state index is -0.496. The van der Waals surface area contributed by atoms with E-state index >= 15 is 0 Å². The van der Waals surface area contributed by atoms with Crippen molar-refractivity contribution in [3.63, 3.8) is 0 Å². The smallest absolute Gasteiger partial charge is 0.255 e. The number of benzene rings is 2. The van der Waals surface area contributed by atoms with Crippen LogP contribution in [0.4, 0.5) is 0 Å². The molecule has 2 aromatic carbocycles. The van der Waals surface area contributed by atoms with Crippen LogP contribution in [0.25, 0.3) is 0 Å². The predicted octanol–water partition coefficient (Wildman–Crippen LogP) is 1.72. The highest BCUT2D eigenvalue weighted by Crippen LogP contribution is 2.13. The number of rotatable bonds is 7. The van der Waals surface area contributed by atoms with E-state index in [9.17, 15) is 4.79 Å². The molecule has 6 nitrogen and oxygen atoms in total. The first-order valence-corrected chi connectivity index (χ1v) is 8.07. The topological polar surface area (TPSA) is 88.7 Å². The Morgan fingerprint density at radius 3 is 2.60 bits per heavy atom. The van der Waals surface area contributed by atoms with E-state index in [1.54, 1.807) is 13.1 Å². The summed E-state index contributed by atoms with van der Waals surface area (Å²) < 4.78 is 5.31. The highest BCUT2D eigenvalue weighted by molar-refractivity contribution is 5.79. The Morgan fingerprint density at radius 1 is 1.12 bits per heavy atom. The van der Waals surface area contributed by atoms with Gasteiger partial charge >= 0.3 is 0 Å². The summed E-state index contributed by atoms with van der Waals surface area (Å²) in [5.74, 6) is 0.831. The van der Waals surface area contributed by atoms with Gasteiger partial charge in [0.25, 0.3) is 5.91 Å². The Labute approximate surface area is 148 Å². The molecule has 0 aliphatic heterocycles. The van der Waals surface area contributed by atoms with Crippen LogP contribution in [0, 0.1) is 6.92 Å². The van der Waals surface area contributed by atoms with Gasteiger partial charge in [-0.2, -0.15) is 0 Å². The zero-order valence-corrected chi connectivity index (χ0v) is 14.6. The van der Waals surface area contributed by atoms with Crippen LogP contribution in [0.2, 0.25) is 0 Å². The molecule has 2 rings (SSSR count). The van der Waals surface area contributed by atoms with Crippen molar-refractivity contribution in [2.45, 2.75) is 20.0 Å². The zero-order chi connectivity index (χ0) is 18.1. The minimum absolute atomic E-state index is 0.128. The summed E-state index contributed by atoms with van der Waals surface area (Å²) in [6.07, 6.45) is 0. The highest BCUT2D eigenvalue weighted by atomic mass is 16.5. The second-order valence-electron chi connectivity index (χ2n) is 5.61. The van der Waals surface area contributed by atoms with Crippen molar-refractivity contribution in [2.75, 3.05) is 13.7 Å². The molecule has 6 heteroatoms. The lowest BCUT2D eigenvalue weighted by molar-refractivity contribution is -0.119. The van der Waals surface area contributed by atoms with Crippen molar-refractivity contribution in [1.82, 2.24) is 10.6 Å². The van der Waals surface area contributed by atoms with E-state index in [0.717, 1.165) is 5.56 Å². The van der Waals surface area contributed by atoms with Crippen molar-refractivity contribution in [1.29, 1.82) is 0 Å². The number of hydrogen-bond acceptors (Lipinski definition) is 3. The van der Waals surface area contributed by atoms with E-state index in [2.05, 4.69) is 34.7 Å². The van der Waals surface area contributed by atoms with Crippen LogP contribution < -0.4 is 21.1 Å². The number of nitrogens with one attached hydrogen (secondary N) is 2. The quantitative estimate of drug-likeness (QED) is 0.529. The number of carbonyl (C=O) groups is 1. The molecule has 1 amide bonds. The van der Waals surface area contributed by atoms with E-state index in [0.29, 0.717) is 24.8 Å². The molecule has 0 atom stereocenters. The number of ether oxygens (including phenoxy) is 1. The summed E-state index contributed by atoms with van der Waals surface area (Å²) in [4.78, 5) is 15.0. The summed E-state index contributed by atoms with van der Waals surface area (Å²) in [5, 5.41) is 6.56. The second-order valence-corrected chi connectivity index (χ2v) is 5.61. The first-order valence-electron chi connectivity index (χ1n) is 8.07. The summed E-state index contributed by atoms with van der Waals surface area (Å²) in [6, 6.07) is 15.7. The van der Waals surface area contributed by atoms with Gasteiger partial charge < -0.3 is 21.1 Å². The van der Waals surface area contributed by atoms with Gasteiger partial charge in [0.05, 0.1) is 0 Å². The largest absolute Gasteiger partial charge is 0.484 e. The van der Waals surface area contributed by atoms with E-state index in [1.165, 1.54) is 11.1 Å². The second kappa shape index (κ2) is 9.32. The fourth-order valence-electron chi connectivity index (χ4n) is 2.29. The zero-order valence-electron chi connectivity index (χ0n) is 14.6. The number of guanidine groups is 1. The number of primary amides is 1. The van der Waals surface area contributed by atoms with Gasteiger partial charge in [-0.25, -0.2) is 0 Å². The monoisotopic (exact) mass is 340 g/mol. The molecular formula is C19H24N4O2. The molecule has 0 aromatic heterocycles. The van der Waals surface area contributed by atoms with E-state index in [1.807, 2.05) is 30.3 Å². The lowest BCUT2D eigenvalue weighted by atomic mass is 10.1. The number of amides is 1. The van der Waals surface area contributed by atoms with Gasteiger partial charge in [-0.1, -0.05) is 36.4 Å². The van der Waals surface area contributed by atoms with Crippen LogP contribution in [-0.4, -0.2) is 25.5 Å². The van der Waals surface area contributed by atoms with Crippen LogP contribution in [0.15, 0.2) is 53.5 Å². The van der Waals surface area contributed by atoms with Gasteiger partial charge in [0, 0.05) is 20.1 Å². The van der Waals surface area contributed by atoms with Crippen molar-refractivity contribution < 1.29 is 9.53 Å². The van der Waals surface area contributed by atoms with Gasteiger partial charge in [-0.05, 0) is 35.7 Å². The van der Waals surface area contributed by atoms with Gasteiger partial charge in [-0.3, -0.25) is 9.79 Å². The molecule has 0 bridgehead atoms. The third kappa shape index (κ3) is 6.18. The summed E-state index contributed by atoms with van der Waals surface area (Å²) in [7, 11) is 1.74. The summed E-state index contributed by atoms with van der Waals surface area (Å²) >= 11 is 0. The fourth-order valence-corrected chi connectivity index (χ4v) is 2.29. The average molecular weight is 340 g/mol. The maximum Gasteiger partial charge on any atom is 0.255 e. The van der Waals surface area contributed by atoms with E-state index in [-0.39, 0.29) is 6.61 Å². The number of nitrogens with zero attached hydrogens (tertiary/aromatic N) is 1. The molecule has 2 aromatic rings. The fraction of sp³-hybridized carbons (Fsp3) is 0.263. The summed E-state index contributed by atoms with van der Waals surface area (Å²) in [6.45, 7) is 3.25. The Morgan fingerprint density at radius 2 is 1.88 bits per heavy atom.